The SMILES string of the molecule is COc1ccc(NC(=O)C(=O)N/N=C/c2ccc(OC(=O)c3cccs3)cc2)cc1. The normalized spacial score (nSPS) is 10.4. The number of ether oxygens (including phenoxy) is 2. The largest absolute Gasteiger partial charge is 0.497 e. The highest BCUT2D eigenvalue weighted by molar-refractivity contribution is 7.12. The van der Waals surface area contributed by atoms with E-state index in [-0.39, 0.29) is 0 Å². The van der Waals surface area contributed by atoms with E-state index in [2.05, 4.69) is 15.8 Å². The van der Waals surface area contributed by atoms with E-state index < -0.39 is 17.8 Å². The number of amides is 2. The van der Waals surface area contributed by atoms with E-state index in [4.69, 9.17) is 9.47 Å². The molecule has 0 saturated heterocycles. The molecule has 3 aromatic rings. The fourth-order valence-corrected chi connectivity index (χ4v) is 2.85. The van der Waals surface area contributed by atoms with E-state index in [1.54, 1.807) is 66.0 Å². The number of hydrazone groups is 1. The first-order chi connectivity index (χ1) is 14.5. The number of nitrogens with one attached hydrogen (secondary N) is 2. The van der Waals surface area contributed by atoms with Gasteiger partial charge in [-0.3, -0.25) is 9.59 Å². The van der Waals surface area contributed by atoms with Crippen LogP contribution in [-0.4, -0.2) is 31.1 Å². The van der Waals surface area contributed by atoms with Gasteiger partial charge in [0, 0.05) is 5.69 Å². The highest BCUT2D eigenvalue weighted by Crippen LogP contribution is 2.16. The third-order valence-electron chi connectivity index (χ3n) is 3.75. The number of carbonyl (C=O) groups excluding carboxylic acids is 3. The predicted molar refractivity (Wildman–Crippen MR) is 113 cm³/mol. The Morgan fingerprint density at radius 3 is 2.27 bits per heavy atom. The van der Waals surface area contributed by atoms with Gasteiger partial charge >= 0.3 is 17.8 Å². The van der Waals surface area contributed by atoms with Crippen molar-refractivity contribution in [3.63, 3.8) is 0 Å². The Hall–Kier alpha value is -3.98. The molecule has 0 bridgehead atoms. The van der Waals surface area contributed by atoms with Crippen LogP contribution < -0.4 is 20.2 Å². The van der Waals surface area contributed by atoms with Crippen molar-refractivity contribution in [2.24, 2.45) is 5.10 Å². The zero-order chi connectivity index (χ0) is 21.3. The first-order valence-corrected chi connectivity index (χ1v) is 9.57. The number of nitrogens with zero attached hydrogens (tertiary/aromatic N) is 1. The first kappa shape index (κ1) is 20.7. The summed E-state index contributed by atoms with van der Waals surface area (Å²) < 4.78 is 10.3. The zero-order valence-corrected chi connectivity index (χ0v) is 16.6. The summed E-state index contributed by atoms with van der Waals surface area (Å²) in [6.07, 6.45) is 1.36. The smallest absolute Gasteiger partial charge is 0.353 e. The van der Waals surface area contributed by atoms with Gasteiger partial charge in [0.05, 0.1) is 13.3 Å². The Morgan fingerprint density at radius 1 is 0.933 bits per heavy atom. The van der Waals surface area contributed by atoms with Gasteiger partial charge in [0.25, 0.3) is 0 Å². The summed E-state index contributed by atoms with van der Waals surface area (Å²) in [5, 5.41) is 8.00. The molecule has 1 aromatic heterocycles. The summed E-state index contributed by atoms with van der Waals surface area (Å²) in [7, 11) is 1.53. The molecule has 2 amide bonds. The summed E-state index contributed by atoms with van der Waals surface area (Å²) >= 11 is 1.30. The van der Waals surface area contributed by atoms with Crippen LogP contribution >= 0.6 is 11.3 Å². The molecule has 0 saturated carbocycles. The van der Waals surface area contributed by atoms with Crippen molar-refractivity contribution < 1.29 is 23.9 Å². The van der Waals surface area contributed by atoms with Gasteiger partial charge in [-0.05, 0) is 65.5 Å². The summed E-state index contributed by atoms with van der Waals surface area (Å²) in [5.74, 6) is -1.18. The number of hydrogen-bond acceptors (Lipinski definition) is 7. The van der Waals surface area contributed by atoms with Gasteiger partial charge in [-0.1, -0.05) is 6.07 Å². The monoisotopic (exact) mass is 423 g/mol. The number of anilines is 1. The second-order valence-electron chi connectivity index (χ2n) is 5.82. The lowest BCUT2D eigenvalue weighted by molar-refractivity contribution is -0.136. The Kier molecular flexibility index (Phi) is 6.91. The lowest BCUT2D eigenvalue weighted by Gasteiger charge is -2.05. The van der Waals surface area contributed by atoms with Crippen LogP contribution in [-0.2, 0) is 9.59 Å². The van der Waals surface area contributed by atoms with Crippen LogP contribution in [0.2, 0.25) is 0 Å². The second-order valence-corrected chi connectivity index (χ2v) is 6.77. The molecule has 0 spiro atoms. The molecule has 30 heavy (non-hydrogen) atoms. The van der Waals surface area contributed by atoms with E-state index in [9.17, 15) is 14.4 Å². The fraction of sp³-hybridized carbons (Fsp3) is 0.0476. The molecular weight excluding hydrogens is 406 g/mol. The molecule has 2 aromatic carbocycles. The minimum atomic E-state index is -0.913. The van der Waals surface area contributed by atoms with Gasteiger partial charge in [-0.15, -0.1) is 11.3 Å². The van der Waals surface area contributed by atoms with Gasteiger partial charge < -0.3 is 14.8 Å². The molecule has 0 radical (unpaired) electrons. The molecule has 8 nitrogen and oxygen atoms in total. The molecular formula is C21H17N3O5S. The third kappa shape index (κ3) is 5.76. The minimum Gasteiger partial charge on any atom is -0.497 e. The van der Waals surface area contributed by atoms with Gasteiger partial charge in [-0.2, -0.15) is 5.10 Å². The first-order valence-electron chi connectivity index (χ1n) is 8.69. The topological polar surface area (TPSA) is 106 Å². The van der Waals surface area contributed by atoms with E-state index >= 15 is 0 Å². The second kappa shape index (κ2) is 9.99. The van der Waals surface area contributed by atoms with Gasteiger partial charge in [-0.25, -0.2) is 10.2 Å². The molecule has 3 rings (SSSR count). The average Bonchev–Trinajstić information content (AvgIpc) is 3.30. The Balaban J connectivity index is 1.48. The van der Waals surface area contributed by atoms with Crippen molar-refractivity contribution >= 4 is 41.0 Å². The average molecular weight is 423 g/mol. The Bertz CT molecular complexity index is 1050. The van der Waals surface area contributed by atoms with Crippen LogP contribution in [0.3, 0.4) is 0 Å². The molecule has 0 aliphatic heterocycles. The highest BCUT2D eigenvalue weighted by Gasteiger charge is 2.13. The van der Waals surface area contributed by atoms with Gasteiger partial charge in [0.2, 0.25) is 0 Å². The summed E-state index contributed by atoms with van der Waals surface area (Å²) in [4.78, 5) is 36.1. The number of benzene rings is 2. The number of thiophene rings is 1. The molecule has 9 heteroatoms. The molecule has 0 unspecified atom stereocenters. The maximum atomic E-state index is 11.9. The molecule has 2 N–H and O–H groups in total. The van der Waals surface area contributed by atoms with E-state index in [1.807, 2.05) is 0 Å². The van der Waals surface area contributed by atoms with Crippen molar-refractivity contribution in [1.82, 2.24) is 5.43 Å². The lowest BCUT2D eigenvalue weighted by Crippen LogP contribution is -2.32. The van der Waals surface area contributed by atoms with E-state index in [1.165, 1.54) is 24.7 Å². The van der Waals surface area contributed by atoms with Crippen LogP contribution in [0, 0.1) is 0 Å². The summed E-state index contributed by atoms with van der Waals surface area (Å²) in [6.45, 7) is 0. The Labute approximate surface area is 176 Å². The van der Waals surface area contributed by atoms with Crippen LogP contribution in [0.25, 0.3) is 0 Å². The molecule has 1 heterocycles. The maximum absolute atomic E-state index is 11.9. The fourth-order valence-electron chi connectivity index (χ4n) is 2.25. The van der Waals surface area contributed by atoms with Gasteiger partial charge in [0.1, 0.15) is 16.4 Å². The minimum absolute atomic E-state index is 0.383. The Morgan fingerprint density at radius 2 is 1.63 bits per heavy atom. The number of esters is 1. The summed E-state index contributed by atoms with van der Waals surface area (Å²) in [5.41, 5.74) is 3.24. The maximum Gasteiger partial charge on any atom is 0.353 e. The molecule has 152 valence electrons. The third-order valence-corrected chi connectivity index (χ3v) is 4.60. The van der Waals surface area contributed by atoms with Crippen LogP contribution in [0.15, 0.2) is 71.1 Å². The highest BCUT2D eigenvalue weighted by atomic mass is 32.1. The van der Waals surface area contributed by atoms with Crippen molar-refractivity contribution in [3.8, 4) is 11.5 Å². The standard InChI is InChI=1S/C21H17N3O5S/c1-28-16-10-6-15(7-11-16)23-19(25)20(26)24-22-13-14-4-8-17(9-5-14)29-21(27)18-3-2-12-30-18/h2-13H,1H3,(H,23,25)(H,24,26)/b22-13+. The number of rotatable bonds is 6. The zero-order valence-electron chi connectivity index (χ0n) is 15.8. The molecule has 0 fully saturated rings. The summed E-state index contributed by atoms with van der Waals surface area (Å²) in [6, 6.07) is 16.5. The van der Waals surface area contributed by atoms with Crippen molar-refractivity contribution in [2.45, 2.75) is 0 Å². The number of carbonyl (C=O) groups is 3. The van der Waals surface area contributed by atoms with E-state index in [0.29, 0.717) is 27.6 Å². The van der Waals surface area contributed by atoms with E-state index in [0.717, 1.165) is 0 Å². The number of methoxy groups -OCH3 is 1. The van der Waals surface area contributed by atoms with Crippen molar-refractivity contribution in [3.05, 3.63) is 76.5 Å². The van der Waals surface area contributed by atoms with Crippen molar-refractivity contribution in [1.29, 1.82) is 0 Å². The molecule has 0 aliphatic carbocycles. The molecule has 0 aliphatic rings. The lowest BCUT2D eigenvalue weighted by atomic mass is 10.2. The van der Waals surface area contributed by atoms with Crippen LogP contribution in [0.5, 0.6) is 11.5 Å². The van der Waals surface area contributed by atoms with Crippen molar-refractivity contribution in [2.75, 3.05) is 12.4 Å². The number of hydrogen-bond donors (Lipinski definition) is 2. The van der Waals surface area contributed by atoms with Crippen LogP contribution in [0.1, 0.15) is 15.2 Å². The predicted octanol–water partition coefficient (Wildman–Crippen LogP) is 3.06. The van der Waals surface area contributed by atoms with Crippen LogP contribution in [0.4, 0.5) is 5.69 Å². The quantitative estimate of drug-likeness (QED) is 0.208. The molecule has 0 atom stereocenters. The van der Waals surface area contributed by atoms with Gasteiger partial charge in [0.15, 0.2) is 0 Å².